The number of carboxylic acid groups (broad SMARTS) is 1. The van der Waals surface area contributed by atoms with Crippen molar-refractivity contribution in [2.24, 2.45) is 0 Å². The Bertz CT molecular complexity index is 919. The Morgan fingerprint density at radius 2 is 1.59 bits per heavy atom. The molecule has 0 bridgehead atoms. The number of aryl methyl sites for hydroxylation is 1. The van der Waals surface area contributed by atoms with E-state index in [1.807, 2.05) is 4.90 Å². The Labute approximate surface area is 168 Å². The summed E-state index contributed by atoms with van der Waals surface area (Å²) in [5, 5.41) is 8.92. The van der Waals surface area contributed by atoms with Crippen molar-refractivity contribution in [3.63, 3.8) is 0 Å². The van der Waals surface area contributed by atoms with Crippen LogP contribution in [0.5, 0.6) is 0 Å². The van der Waals surface area contributed by atoms with Gasteiger partial charge in [0.25, 0.3) is 0 Å². The Balaban J connectivity index is 1.51. The molecule has 0 aliphatic carbocycles. The lowest BCUT2D eigenvalue weighted by atomic mass is 10.1. The highest BCUT2D eigenvalue weighted by atomic mass is 19.1. The zero-order valence-electron chi connectivity index (χ0n) is 16.2. The monoisotopic (exact) mass is 398 g/mol. The number of hydrogen-bond donors (Lipinski definition) is 1. The van der Waals surface area contributed by atoms with Gasteiger partial charge >= 0.3 is 5.97 Å². The summed E-state index contributed by atoms with van der Waals surface area (Å²) in [6.45, 7) is 3.46. The molecule has 2 aromatic rings. The molecule has 1 heterocycles. The van der Waals surface area contributed by atoms with Gasteiger partial charge in [0.2, 0.25) is 5.91 Å². The molecule has 1 fully saturated rings. The first kappa shape index (κ1) is 20.5. The highest BCUT2D eigenvalue weighted by molar-refractivity contribution is 5.94. The van der Waals surface area contributed by atoms with E-state index in [4.69, 9.17) is 5.11 Å². The maximum Gasteiger partial charge on any atom is 0.335 e. The fraction of sp³-hybridized carbons (Fsp3) is 0.318. The van der Waals surface area contributed by atoms with Crippen LogP contribution in [0.2, 0.25) is 0 Å². The number of amides is 1. The van der Waals surface area contributed by atoms with Gasteiger partial charge in [-0.2, -0.15) is 0 Å². The predicted octanol–water partition coefficient (Wildman–Crippen LogP) is 3.01. The van der Waals surface area contributed by atoms with Crippen LogP contribution < -0.4 is 4.90 Å². The zero-order valence-corrected chi connectivity index (χ0v) is 16.2. The molecular formula is C22H23FN2O4. The Morgan fingerprint density at radius 1 is 0.966 bits per heavy atom. The summed E-state index contributed by atoms with van der Waals surface area (Å²) in [4.78, 5) is 38.4. The number of Topliss-reactive ketones (excluding diaryl/α,β-unsaturated/α-hetero) is 1. The van der Waals surface area contributed by atoms with E-state index in [1.54, 1.807) is 29.2 Å². The number of carbonyl (C=O) groups is 3. The number of rotatable bonds is 6. The van der Waals surface area contributed by atoms with E-state index in [-0.39, 0.29) is 17.3 Å². The normalized spacial score (nSPS) is 14.0. The number of carboxylic acids is 1. The molecule has 1 amide bonds. The van der Waals surface area contributed by atoms with Crippen molar-refractivity contribution in [1.82, 2.24) is 4.90 Å². The minimum atomic E-state index is -0.974. The van der Waals surface area contributed by atoms with Gasteiger partial charge in [-0.3, -0.25) is 9.59 Å². The van der Waals surface area contributed by atoms with Gasteiger partial charge < -0.3 is 14.9 Å². The second-order valence-corrected chi connectivity index (χ2v) is 7.09. The Morgan fingerprint density at radius 3 is 2.14 bits per heavy atom. The van der Waals surface area contributed by atoms with Gasteiger partial charge in [0.1, 0.15) is 5.82 Å². The molecule has 29 heavy (non-hydrogen) atoms. The third-order valence-corrected chi connectivity index (χ3v) is 5.16. The van der Waals surface area contributed by atoms with Crippen molar-refractivity contribution in [1.29, 1.82) is 0 Å². The van der Waals surface area contributed by atoms with Crippen molar-refractivity contribution in [3.05, 3.63) is 65.0 Å². The van der Waals surface area contributed by atoms with Crippen LogP contribution in [0.1, 0.15) is 39.6 Å². The summed E-state index contributed by atoms with van der Waals surface area (Å²) in [7, 11) is 0. The predicted molar refractivity (Wildman–Crippen MR) is 107 cm³/mol. The maximum absolute atomic E-state index is 14.3. The number of ketones is 1. The van der Waals surface area contributed by atoms with E-state index in [2.05, 4.69) is 0 Å². The lowest BCUT2D eigenvalue weighted by molar-refractivity contribution is -0.131. The zero-order chi connectivity index (χ0) is 21.0. The van der Waals surface area contributed by atoms with Crippen LogP contribution in [0, 0.1) is 5.82 Å². The van der Waals surface area contributed by atoms with Gasteiger partial charge in [0.15, 0.2) is 5.78 Å². The van der Waals surface area contributed by atoms with Crippen LogP contribution in [0.3, 0.4) is 0 Å². The fourth-order valence-corrected chi connectivity index (χ4v) is 3.40. The van der Waals surface area contributed by atoms with E-state index in [0.717, 1.165) is 5.56 Å². The molecule has 0 spiro atoms. The smallest absolute Gasteiger partial charge is 0.335 e. The number of piperazine rings is 1. The highest BCUT2D eigenvalue weighted by Crippen LogP contribution is 2.22. The molecule has 1 N–H and O–H groups in total. The molecule has 6 nitrogen and oxygen atoms in total. The third-order valence-electron chi connectivity index (χ3n) is 5.16. The van der Waals surface area contributed by atoms with Crippen LogP contribution >= 0.6 is 0 Å². The van der Waals surface area contributed by atoms with Crippen LogP contribution in [0.25, 0.3) is 0 Å². The molecule has 0 atom stereocenters. The minimum Gasteiger partial charge on any atom is -0.478 e. The van der Waals surface area contributed by atoms with Crippen LogP contribution in [0.15, 0.2) is 42.5 Å². The first-order valence-corrected chi connectivity index (χ1v) is 9.50. The highest BCUT2D eigenvalue weighted by Gasteiger charge is 2.23. The van der Waals surface area contributed by atoms with Crippen molar-refractivity contribution in [2.75, 3.05) is 31.1 Å². The number of halogens is 1. The summed E-state index contributed by atoms with van der Waals surface area (Å²) in [6.07, 6.45) is 0.883. The fourth-order valence-electron chi connectivity index (χ4n) is 3.40. The second-order valence-electron chi connectivity index (χ2n) is 7.09. The largest absolute Gasteiger partial charge is 0.478 e. The van der Waals surface area contributed by atoms with E-state index < -0.39 is 11.8 Å². The average Bonchev–Trinajstić information content (AvgIpc) is 2.72. The lowest BCUT2D eigenvalue weighted by Crippen LogP contribution is -2.49. The number of anilines is 1. The van der Waals surface area contributed by atoms with E-state index in [1.165, 1.54) is 25.1 Å². The van der Waals surface area contributed by atoms with E-state index in [9.17, 15) is 18.8 Å². The van der Waals surface area contributed by atoms with Gasteiger partial charge in [-0.15, -0.1) is 0 Å². The number of nitrogens with zero attached hydrogens (tertiary/aromatic N) is 2. The number of aromatic carboxylic acids is 1. The molecule has 3 rings (SSSR count). The molecule has 2 aromatic carbocycles. The quantitative estimate of drug-likeness (QED) is 0.757. The van der Waals surface area contributed by atoms with Gasteiger partial charge in [-0.05, 0) is 49.2 Å². The first-order valence-electron chi connectivity index (χ1n) is 9.50. The summed E-state index contributed by atoms with van der Waals surface area (Å²) in [6, 6.07) is 11.0. The lowest BCUT2D eigenvalue weighted by Gasteiger charge is -2.36. The number of benzene rings is 2. The molecule has 152 valence electrons. The summed E-state index contributed by atoms with van der Waals surface area (Å²) >= 11 is 0. The topological polar surface area (TPSA) is 77.9 Å². The third kappa shape index (κ3) is 4.99. The van der Waals surface area contributed by atoms with Crippen LogP contribution in [0.4, 0.5) is 10.1 Å². The minimum absolute atomic E-state index is 0.0272. The van der Waals surface area contributed by atoms with Gasteiger partial charge in [-0.1, -0.05) is 12.1 Å². The first-order chi connectivity index (χ1) is 13.8. The molecule has 1 aliphatic rings. The molecular weight excluding hydrogens is 375 g/mol. The molecule has 7 heteroatoms. The van der Waals surface area contributed by atoms with E-state index in [0.29, 0.717) is 50.3 Å². The molecule has 0 saturated carbocycles. The summed E-state index contributed by atoms with van der Waals surface area (Å²) in [5.74, 6) is -1.55. The SMILES string of the molecule is CC(=O)c1ccc(N2CCN(C(=O)CCc3ccc(C(=O)O)cc3)CC2)c(F)c1. The molecule has 1 saturated heterocycles. The number of carbonyl (C=O) groups excluding carboxylic acids is 2. The van der Waals surface area contributed by atoms with Crippen molar-refractivity contribution in [3.8, 4) is 0 Å². The summed E-state index contributed by atoms with van der Waals surface area (Å²) in [5.41, 5.74) is 1.92. The van der Waals surface area contributed by atoms with Gasteiger partial charge in [0.05, 0.1) is 11.3 Å². The Hall–Kier alpha value is -3.22. The average molecular weight is 398 g/mol. The van der Waals surface area contributed by atoms with Gasteiger partial charge in [-0.25, -0.2) is 9.18 Å². The Kier molecular flexibility index (Phi) is 6.26. The standard InChI is InChI=1S/C22H23FN2O4/c1-15(26)18-7-8-20(19(23)14-18)24-10-12-25(13-11-24)21(27)9-4-16-2-5-17(6-3-16)22(28)29/h2-3,5-8,14H,4,9-13H2,1H3,(H,28,29). The van der Waals surface area contributed by atoms with Crippen LogP contribution in [-0.2, 0) is 11.2 Å². The van der Waals surface area contributed by atoms with Crippen molar-refractivity contribution < 1.29 is 23.9 Å². The maximum atomic E-state index is 14.3. The van der Waals surface area contributed by atoms with Crippen LogP contribution in [-0.4, -0.2) is 53.8 Å². The molecule has 0 radical (unpaired) electrons. The second kappa shape index (κ2) is 8.86. The van der Waals surface area contributed by atoms with E-state index >= 15 is 0 Å². The molecule has 1 aliphatic heterocycles. The number of hydrogen-bond acceptors (Lipinski definition) is 4. The molecule has 0 aromatic heterocycles. The molecule has 0 unspecified atom stereocenters. The summed E-state index contributed by atoms with van der Waals surface area (Å²) < 4.78 is 14.3. The van der Waals surface area contributed by atoms with Gasteiger partial charge in [0, 0.05) is 38.2 Å². The van der Waals surface area contributed by atoms with Crippen molar-refractivity contribution >= 4 is 23.3 Å². The van der Waals surface area contributed by atoms with Crippen molar-refractivity contribution in [2.45, 2.75) is 19.8 Å².